The Kier molecular flexibility index (Phi) is 4.67. The lowest BCUT2D eigenvalue weighted by Crippen LogP contribution is -2.13. The quantitative estimate of drug-likeness (QED) is 0.524. The van der Waals surface area contributed by atoms with Crippen molar-refractivity contribution in [2.24, 2.45) is 23.2 Å². The second-order valence-electron chi connectivity index (χ2n) is 6.90. The van der Waals surface area contributed by atoms with Gasteiger partial charge in [-0.3, -0.25) is 0 Å². The highest BCUT2D eigenvalue weighted by Gasteiger charge is 2.40. The molecule has 90 valence electrons. The Morgan fingerprint density at radius 2 is 1.87 bits per heavy atom. The van der Waals surface area contributed by atoms with Gasteiger partial charge in [-0.15, -0.1) is 0 Å². The minimum absolute atomic E-state index is 0.524. The fourth-order valence-corrected chi connectivity index (χ4v) is 3.07. The van der Waals surface area contributed by atoms with E-state index in [4.69, 9.17) is 0 Å². The minimum atomic E-state index is 0.524. The van der Waals surface area contributed by atoms with Crippen molar-refractivity contribution in [3.05, 3.63) is 0 Å². The molecule has 0 aromatic carbocycles. The van der Waals surface area contributed by atoms with Crippen molar-refractivity contribution < 1.29 is 0 Å². The highest BCUT2D eigenvalue weighted by molar-refractivity contribution is 4.90. The molecule has 15 heavy (non-hydrogen) atoms. The summed E-state index contributed by atoms with van der Waals surface area (Å²) < 4.78 is 0. The van der Waals surface area contributed by atoms with Gasteiger partial charge in [-0.2, -0.15) is 0 Å². The zero-order chi connectivity index (χ0) is 11.5. The molecule has 0 nitrogen and oxygen atoms in total. The lowest BCUT2D eigenvalue weighted by atomic mass is 9.83. The molecule has 1 rings (SSSR count). The predicted molar refractivity (Wildman–Crippen MR) is 69.0 cm³/mol. The molecule has 3 atom stereocenters. The van der Waals surface area contributed by atoms with Gasteiger partial charge in [0.2, 0.25) is 0 Å². The number of hydrogen-bond donors (Lipinski definition) is 0. The Morgan fingerprint density at radius 3 is 2.40 bits per heavy atom. The van der Waals surface area contributed by atoms with Crippen LogP contribution in [0.25, 0.3) is 0 Å². The van der Waals surface area contributed by atoms with E-state index in [1.54, 1.807) is 0 Å². The van der Waals surface area contributed by atoms with Crippen molar-refractivity contribution in [1.29, 1.82) is 0 Å². The smallest absolute Gasteiger partial charge is 0.0357 e. The standard InChI is InChI=1S/C15H30/c1-6-7-8-9-13-10-14(13)12(2)11-15(3,4)5/h12-14H,6-11H2,1-5H3. The summed E-state index contributed by atoms with van der Waals surface area (Å²) in [5.74, 6) is 3.12. The summed E-state index contributed by atoms with van der Waals surface area (Å²) in [6.45, 7) is 11.9. The zero-order valence-corrected chi connectivity index (χ0v) is 11.5. The molecule has 0 heterocycles. The number of rotatable bonds is 6. The van der Waals surface area contributed by atoms with Gasteiger partial charge in [0.25, 0.3) is 0 Å². The first-order valence-corrected chi connectivity index (χ1v) is 6.94. The fraction of sp³-hybridized carbons (Fsp3) is 1.00. The minimum Gasteiger partial charge on any atom is -0.0654 e. The summed E-state index contributed by atoms with van der Waals surface area (Å²) in [7, 11) is 0. The molecule has 0 saturated heterocycles. The van der Waals surface area contributed by atoms with Gasteiger partial charge in [-0.05, 0) is 36.0 Å². The summed E-state index contributed by atoms with van der Waals surface area (Å²) in [6, 6.07) is 0. The molecule has 1 aliphatic carbocycles. The molecule has 1 fully saturated rings. The zero-order valence-electron chi connectivity index (χ0n) is 11.5. The molecule has 0 radical (unpaired) electrons. The number of hydrogen-bond acceptors (Lipinski definition) is 0. The summed E-state index contributed by atoms with van der Waals surface area (Å²) in [6.07, 6.45) is 8.72. The molecule has 0 heteroatoms. The van der Waals surface area contributed by atoms with Gasteiger partial charge in [0.05, 0.1) is 0 Å². The van der Waals surface area contributed by atoms with E-state index in [2.05, 4.69) is 34.6 Å². The van der Waals surface area contributed by atoms with E-state index >= 15 is 0 Å². The van der Waals surface area contributed by atoms with Crippen LogP contribution in [0.15, 0.2) is 0 Å². The monoisotopic (exact) mass is 210 g/mol. The molecule has 0 spiro atoms. The normalized spacial score (nSPS) is 27.8. The van der Waals surface area contributed by atoms with Crippen LogP contribution in [0.3, 0.4) is 0 Å². The van der Waals surface area contributed by atoms with Gasteiger partial charge in [-0.1, -0.05) is 60.3 Å². The van der Waals surface area contributed by atoms with E-state index in [1.165, 1.54) is 38.5 Å². The van der Waals surface area contributed by atoms with Gasteiger partial charge in [0.15, 0.2) is 0 Å². The Balaban J connectivity index is 2.14. The largest absolute Gasteiger partial charge is 0.0654 e. The molecule has 0 bridgehead atoms. The van der Waals surface area contributed by atoms with Crippen LogP contribution in [-0.4, -0.2) is 0 Å². The van der Waals surface area contributed by atoms with Crippen molar-refractivity contribution in [2.75, 3.05) is 0 Å². The van der Waals surface area contributed by atoms with Crippen LogP contribution in [0.2, 0.25) is 0 Å². The third kappa shape index (κ3) is 5.04. The maximum Gasteiger partial charge on any atom is -0.0357 e. The molecular formula is C15H30. The summed E-state index contributed by atoms with van der Waals surface area (Å²) >= 11 is 0. The highest BCUT2D eigenvalue weighted by atomic mass is 14.5. The Hall–Kier alpha value is 0. The molecule has 0 amide bonds. The van der Waals surface area contributed by atoms with Gasteiger partial charge < -0.3 is 0 Å². The van der Waals surface area contributed by atoms with Crippen molar-refractivity contribution >= 4 is 0 Å². The van der Waals surface area contributed by atoms with E-state index in [0.29, 0.717) is 5.41 Å². The topological polar surface area (TPSA) is 0 Å². The van der Waals surface area contributed by atoms with Crippen LogP contribution >= 0.6 is 0 Å². The highest BCUT2D eigenvalue weighted by Crippen LogP contribution is 2.50. The van der Waals surface area contributed by atoms with Gasteiger partial charge >= 0.3 is 0 Å². The Labute approximate surface area is 96.8 Å². The third-order valence-corrected chi connectivity index (χ3v) is 3.82. The molecule has 1 saturated carbocycles. The van der Waals surface area contributed by atoms with Crippen molar-refractivity contribution in [1.82, 2.24) is 0 Å². The second kappa shape index (κ2) is 5.37. The van der Waals surface area contributed by atoms with Crippen LogP contribution in [0.4, 0.5) is 0 Å². The molecule has 3 unspecified atom stereocenters. The molecule has 0 aromatic heterocycles. The molecular weight excluding hydrogens is 180 g/mol. The second-order valence-corrected chi connectivity index (χ2v) is 6.90. The van der Waals surface area contributed by atoms with E-state index in [1.807, 2.05) is 0 Å². The first-order chi connectivity index (χ1) is 6.94. The first-order valence-electron chi connectivity index (χ1n) is 6.94. The predicted octanol–water partition coefficient (Wildman–Crippen LogP) is 5.28. The fourth-order valence-electron chi connectivity index (χ4n) is 3.07. The third-order valence-electron chi connectivity index (χ3n) is 3.82. The van der Waals surface area contributed by atoms with Crippen LogP contribution in [0.5, 0.6) is 0 Å². The van der Waals surface area contributed by atoms with E-state index in [9.17, 15) is 0 Å². The van der Waals surface area contributed by atoms with E-state index in [0.717, 1.165) is 17.8 Å². The van der Waals surface area contributed by atoms with E-state index < -0.39 is 0 Å². The van der Waals surface area contributed by atoms with Crippen LogP contribution < -0.4 is 0 Å². The van der Waals surface area contributed by atoms with Crippen molar-refractivity contribution in [3.63, 3.8) is 0 Å². The lowest BCUT2D eigenvalue weighted by Gasteiger charge is -2.23. The van der Waals surface area contributed by atoms with Gasteiger partial charge in [0, 0.05) is 0 Å². The first kappa shape index (κ1) is 13.1. The van der Waals surface area contributed by atoms with Crippen molar-refractivity contribution in [2.45, 2.75) is 73.1 Å². The van der Waals surface area contributed by atoms with Crippen molar-refractivity contribution in [3.8, 4) is 0 Å². The molecule has 0 N–H and O–H groups in total. The van der Waals surface area contributed by atoms with Gasteiger partial charge in [-0.25, -0.2) is 0 Å². The van der Waals surface area contributed by atoms with Crippen LogP contribution in [0, 0.1) is 23.2 Å². The lowest BCUT2D eigenvalue weighted by molar-refractivity contribution is 0.278. The SMILES string of the molecule is CCCCCC1CC1C(C)CC(C)(C)C. The Bertz CT molecular complexity index is 175. The average molecular weight is 210 g/mol. The molecule has 1 aliphatic rings. The maximum atomic E-state index is 2.47. The van der Waals surface area contributed by atoms with Gasteiger partial charge in [0.1, 0.15) is 0 Å². The Morgan fingerprint density at radius 1 is 1.20 bits per heavy atom. The summed E-state index contributed by atoms with van der Waals surface area (Å²) in [5, 5.41) is 0. The summed E-state index contributed by atoms with van der Waals surface area (Å²) in [5.41, 5.74) is 0.524. The summed E-state index contributed by atoms with van der Waals surface area (Å²) in [4.78, 5) is 0. The average Bonchev–Trinajstić information content (AvgIpc) is 2.81. The molecule has 0 aromatic rings. The van der Waals surface area contributed by atoms with Crippen LogP contribution in [0.1, 0.15) is 73.1 Å². The molecule has 0 aliphatic heterocycles. The number of unbranched alkanes of at least 4 members (excludes halogenated alkanes) is 2. The van der Waals surface area contributed by atoms with E-state index in [-0.39, 0.29) is 0 Å². The van der Waals surface area contributed by atoms with Crippen LogP contribution in [-0.2, 0) is 0 Å². The maximum absolute atomic E-state index is 2.47.